The number of nitrogens with one attached hydrogen (secondary N) is 1. The van der Waals surface area contributed by atoms with E-state index in [4.69, 9.17) is 5.73 Å². The van der Waals surface area contributed by atoms with Gasteiger partial charge in [-0.25, -0.2) is 13.4 Å². The Kier molecular flexibility index (Phi) is 4.42. The summed E-state index contributed by atoms with van der Waals surface area (Å²) in [6, 6.07) is 6.58. The van der Waals surface area contributed by atoms with E-state index in [0.29, 0.717) is 11.7 Å². The van der Waals surface area contributed by atoms with Gasteiger partial charge in [0.25, 0.3) is 10.0 Å². The summed E-state index contributed by atoms with van der Waals surface area (Å²) in [4.78, 5) is 4.46. The predicted molar refractivity (Wildman–Crippen MR) is 81.3 cm³/mol. The van der Waals surface area contributed by atoms with Gasteiger partial charge < -0.3 is 5.73 Å². The minimum atomic E-state index is -3.62. The SMILES string of the molecule is CC(C)c1csc(NS(=O)(=O)c2cccc(CN)c2)n1. The fourth-order valence-electron chi connectivity index (χ4n) is 1.61. The quantitative estimate of drug-likeness (QED) is 0.888. The zero-order chi connectivity index (χ0) is 14.8. The summed E-state index contributed by atoms with van der Waals surface area (Å²) >= 11 is 1.28. The molecular weight excluding hydrogens is 294 g/mol. The van der Waals surface area contributed by atoms with Crippen LogP contribution in [-0.2, 0) is 16.6 Å². The topological polar surface area (TPSA) is 85.1 Å². The van der Waals surface area contributed by atoms with Crippen molar-refractivity contribution in [1.82, 2.24) is 4.98 Å². The number of thiazole rings is 1. The second-order valence-electron chi connectivity index (χ2n) is 4.69. The van der Waals surface area contributed by atoms with Gasteiger partial charge in [0.2, 0.25) is 0 Å². The van der Waals surface area contributed by atoms with Crippen molar-refractivity contribution >= 4 is 26.5 Å². The molecule has 0 bridgehead atoms. The highest BCUT2D eigenvalue weighted by molar-refractivity contribution is 7.93. The molecule has 0 fully saturated rings. The van der Waals surface area contributed by atoms with E-state index < -0.39 is 10.0 Å². The predicted octanol–water partition coefficient (Wildman–Crippen LogP) is 2.53. The van der Waals surface area contributed by atoms with Gasteiger partial charge in [-0.3, -0.25) is 4.72 Å². The summed E-state index contributed by atoms with van der Waals surface area (Å²) < 4.78 is 27.0. The van der Waals surface area contributed by atoms with E-state index in [-0.39, 0.29) is 10.8 Å². The molecule has 0 aliphatic rings. The molecule has 0 spiro atoms. The Hall–Kier alpha value is -1.44. The maximum Gasteiger partial charge on any atom is 0.263 e. The van der Waals surface area contributed by atoms with Gasteiger partial charge in [0.15, 0.2) is 5.13 Å². The van der Waals surface area contributed by atoms with Crippen LogP contribution in [0.5, 0.6) is 0 Å². The molecule has 1 aromatic heterocycles. The Bertz CT molecular complexity index is 693. The summed E-state index contributed by atoms with van der Waals surface area (Å²) in [6.45, 7) is 4.33. The van der Waals surface area contributed by atoms with Crippen molar-refractivity contribution in [1.29, 1.82) is 0 Å². The molecule has 7 heteroatoms. The zero-order valence-corrected chi connectivity index (χ0v) is 13.0. The van der Waals surface area contributed by atoms with Crippen LogP contribution in [-0.4, -0.2) is 13.4 Å². The Balaban J connectivity index is 2.25. The molecule has 108 valence electrons. The minimum absolute atomic E-state index is 0.196. The van der Waals surface area contributed by atoms with Crippen LogP contribution < -0.4 is 10.5 Å². The summed E-state index contributed by atoms with van der Waals surface area (Å²) in [6.07, 6.45) is 0. The highest BCUT2D eigenvalue weighted by atomic mass is 32.2. The Morgan fingerprint density at radius 3 is 2.75 bits per heavy atom. The van der Waals surface area contributed by atoms with Crippen LogP contribution in [0.2, 0.25) is 0 Å². The fourth-order valence-corrected chi connectivity index (χ4v) is 3.81. The van der Waals surface area contributed by atoms with Crippen LogP contribution in [0.3, 0.4) is 0 Å². The number of hydrogen-bond acceptors (Lipinski definition) is 5. The number of nitrogens with two attached hydrogens (primary N) is 1. The summed E-state index contributed by atoms with van der Waals surface area (Å²) in [7, 11) is -3.62. The number of aromatic nitrogens is 1. The van der Waals surface area contributed by atoms with Crippen LogP contribution in [0, 0.1) is 0 Å². The summed E-state index contributed by atoms with van der Waals surface area (Å²) in [5.41, 5.74) is 7.18. The Labute approximate surface area is 122 Å². The number of hydrogen-bond donors (Lipinski definition) is 2. The number of sulfonamides is 1. The van der Waals surface area contributed by atoms with E-state index in [2.05, 4.69) is 9.71 Å². The van der Waals surface area contributed by atoms with Gasteiger partial charge in [0.05, 0.1) is 10.6 Å². The van der Waals surface area contributed by atoms with Gasteiger partial charge in [-0.1, -0.05) is 26.0 Å². The van der Waals surface area contributed by atoms with Crippen molar-refractivity contribution in [3.63, 3.8) is 0 Å². The van der Waals surface area contributed by atoms with Crippen LogP contribution in [0.1, 0.15) is 31.0 Å². The smallest absolute Gasteiger partial charge is 0.263 e. The molecule has 0 atom stereocenters. The number of anilines is 1. The first-order valence-corrected chi connectivity index (χ1v) is 8.56. The first kappa shape index (κ1) is 15.0. The Morgan fingerprint density at radius 1 is 1.40 bits per heavy atom. The monoisotopic (exact) mass is 311 g/mol. The van der Waals surface area contributed by atoms with Crippen molar-refractivity contribution in [3.05, 3.63) is 40.9 Å². The molecule has 0 aliphatic heterocycles. The van der Waals surface area contributed by atoms with E-state index in [9.17, 15) is 8.42 Å². The third kappa shape index (κ3) is 3.36. The van der Waals surface area contributed by atoms with Gasteiger partial charge in [-0.15, -0.1) is 11.3 Å². The van der Waals surface area contributed by atoms with Gasteiger partial charge in [-0.2, -0.15) is 0 Å². The van der Waals surface area contributed by atoms with Gasteiger partial charge in [0, 0.05) is 11.9 Å². The van der Waals surface area contributed by atoms with Crippen LogP contribution in [0.25, 0.3) is 0 Å². The second kappa shape index (κ2) is 5.90. The largest absolute Gasteiger partial charge is 0.326 e. The fraction of sp³-hybridized carbons (Fsp3) is 0.308. The van der Waals surface area contributed by atoms with Crippen molar-refractivity contribution in [2.45, 2.75) is 31.2 Å². The average Bonchev–Trinajstić information content (AvgIpc) is 2.87. The number of nitrogens with zero attached hydrogens (tertiary/aromatic N) is 1. The van der Waals surface area contributed by atoms with Crippen molar-refractivity contribution in [2.24, 2.45) is 5.73 Å². The highest BCUT2D eigenvalue weighted by Gasteiger charge is 2.17. The summed E-state index contributed by atoms with van der Waals surface area (Å²) in [5.74, 6) is 0.269. The number of rotatable bonds is 5. The van der Waals surface area contributed by atoms with E-state index in [1.807, 2.05) is 19.2 Å². The second-order valence-corrected chi connectivity index (χ2v) is 7.23. The van der Waals surface area contributed by atoms with Gasteiger partial charge in [0.1, 0.15) is 0 Å². The van der Waals surface area contributed by atoms with Gasteiger partial charge >= 0.3 is 0 Å². The molecule has 1 aromatic carbocycles. The van der Waals surface area contributed by atoms with Crippen LogP contribution in [0.4, 0.5) is 5.13 Å². The first-order valence-electron chi connectivity index (χ1n) is 6.19. The molecule has 0 aliphatic carbocycles. The third-order valence-corrected chi connectivity index (χ3v) is 5.02. The molecule has 20 heavy (non-hydrogen) atoms. The highest BCUT2D eigenvalue weighted by Crippen LogP contribution is 2.24. The minimum Gasteiger partial charge on any atom is -0.326 e. The lowest BCUT2D eigenvalue weighted by molar-refractivity contribution is 0.601. The molecule has 2 aromatic rings. The maximum atomic E-state index is 12.3. The molecule has 0 saturated heterocycles. The Morgan fingerprint density at radius 2 is 2.15 bits per heavy atom. The standard InChI is InChI=1S/C13H17N3O2S2/c1-9(2)12-8-19-13(15-12)16-20(17,18)11-5-3-4-10(6-11)7-14/h3-6,8-9H,7,14H2,1-2H3,(H,15,16). The van der Waals surface area contributed by atoms with E-state index >= 15 is 0 Å². The molecule has 0 amide bonds. The lowest BCUT2D eigenvalue weighted by Gasteiger charge is -2.06. The third-order valence-electron chi connectivity index (χ3n) is 2.78. The van der Waals surface area contributed by atoms with Gasteiger partial charge in [-0.05, 0) is 23.6 Å². The normalized spacial score (nSPS) is 11.8. The molecular formula is C13H17N3O2S2. The molecule has 1 heterocycles. The van der Waals surface area contributed by atoms with E-state index in [1.54, 1.807) is 24.3 Å². The maximum absolute atomic E-state index is 12.3. The molecule has 0 radical (unpaired) electrons. The van der Waals surface area contributed by atoms with Crippen LogP contribution >= 0.6 is 11.3 Å². The number of benzene rings is 1. The lowest BCUT2D eigenvalue weighted by atomic mass is 10.2. The molecule has 0 saturated carbocycles. The van der Waals surface area contributed by atoms with E-state index in [1.165, 1.54) is 11.3 Å². The summed E-state index contributed by atoms with van der Waals surface area (Å²) in [5, 5.41) is 2.24. The zero-order valence-electron chi connectivity index (χ0n) is 11.3. The first-order chi connectivity index (χ1) is 9.42. The molecule has 3 N–H and O–H groups in total. The lowest BCUT2D eigenvalue weighted by Crippen LogP contribution is -2.13. The molecule has 2 rings (SSSR count). The average molecular weight is 311 g/mol. The molecule has 5 nitrogen and oxygen atoms in total. The van der Waals surface area contributed by atoms with Crippen LogP contribution in [0.15, 0.2) is 34.5 Å². The van der Waals surface area contributed by atoms with Crippen molar-refractivity contribution < 1.29 is 8.42 Å². The van der Waals surface area contributed by atoms with E-state index in [0.717, 1.165) is 11.3 Å². The molecule has 0 unspecified atom stereocenters. The van der Waals surface area contributed by atoms with Crippen molar-refractivity contribution in [2.75, 3.05) is 4.72 Å². The van der Waals surface area contributed by atoms with Crippen molar-refractivity contribution in [3.8, 4) is 0 Å².